The van der Waals surface area contributed by atoms with E-state index in [4.69, 9.17) is 5.73 Å². The van der Waals surface area contributed by atoms with Crippen LogP contribution in [-0.4, -0.2) is 24.3 Å². The largest absolute Gasteiger partial charge is 0.393 e. The first-order chi connectivity index (χ1) is 8.67. The molecule has 1 saturated carbocycles. The van der Waals surface area contributed by atoms with Crippen molar-refractivity contribution in [2.75, 3.05) is 18.0 Å². The van der Waals surface area contributed by atoms with Gasteiger partial charge in [0.1, 0.15) is 5.82 Å². The Balaban J connectivity index is 1.82. The van der Waals surface area contributed by atoms with Crippen molar-refractivity contribution < 1.29 is 9.50 Å². The lowest BCUT2D eigenvalue weighted by Crippen LogP contribution is -2.24. The maximum atomic E-state index is 13.5. The second kappa shape index (κ2) is 4.52. The third-order valence-electron chi connectivity index (χ3n) is 4.36. The number of hydrogen-bond donors (Lipinski definition) is 2. The van der Waals surface area contributed by atoms with Crippen LogP contribution in [0.3, 0.4) is 0 Å². The number of hydrogen-bond acceptors (Lipinski definition) is 3. The highest BCUT2D eigenvalue weighted by atomic mass is 19.1. The van der Waals surface area contributed by atoms with E-state index in [2.05, 4.69) is 4.90 Å². The molecule has 98 valence electrons. The van der Waals surface area contributed by atoms with E-state index in [0.717, 1.165) is 37.2 Å². The number of benzene rings is 1. The molecule has 0 amide bonds. The van der Waals surface area contributed by atoms with Crippen LogP contribution in [0.25, 0.3) is 0 Å². The van der Waals surface area contributed by atoms with E-state index >= 15 is 0 Å². The van der Waals surface area contributed by atoms with Gasteiger partial charge in [0.15, 0.2) is 0 Å². The van der Waals surface area contributed by atoms with Crippen molar-refractivity contribution in [3.05, 3.63) is 29.6 Å². The summed E-state index contributed by atoms with van der Waals surface area (Å²) in [4.78, 5) is 2.18. The summed E-state index contributed by atoms with van der Waals surface area (Å²) in [6.45, 7) is 2.11. The van der Waals surface area contributed by atoms with E-state index in [1.807, 2.05) is 6.07 Å². The molecule has 3 rings (SSSR count). The number of halogens is 1. The van der Waals surface area contributed by atoms with E-state index in [1.165, 1.54) is 6.07 Å². The molecule has 4 heteroatoms. The van der Waals surface area contributed by atoms with Gasteiger partial charge in [0.2, 0.25) is 0 Å². The molecule has 1 aromatic carbocycles. The average molecular weight is 250 g/mol. The summed E-state index contributed by atoms with van der Waals surface area (Å²) in [6.07, 6.45) is 1.82. The summed E-state index contributed by atoms with van der Waals surface area (Å²) in [7, 11) is 0. The van der Waals surface area contributed by atoms with Crippen LogP contribution in [0, 0.1) is 17.7 Å². The molecule has 3 nitrogen and oxygen atoms in total. The zero-order valence-corrected chi connectivity index (χ0v) is 10.3. The fraction of sp³-hybridized carbons (Fsp3) is 0.571. The second-order valence-corrected chi connectivity index (χ2v) is 5.50. The van der Waals surface area contributed by atoms with Gasteiger partial charge in [0.05, 0.1) is 6.10 Å². The standard InChI is InChI=1S/C14H19FN2O/c15-11-3-9(6-16)4-12(5-11)17-7-10-1-2-14(18)13(10)8-17/h3-5,10,13-14,18H,1-2,6-8,16H2. The Bertz CT molecular complexity index is 451. The maximum Gasteiger partial charge on any atom is 0.125 e. The first-order valence-electron chi connectivity index (χ1n) is 6.60. The molecule has 18 heavy (non-hydrogen) atoms. The number of aliphatic hydroxyl groups excluding tert-OH is 1. The Labute approximate surface area is 106 Å². The first-order valence-corrected chi connectivity index (χ1v) is 6.60. The van der Waals surface area contributed by atoms with Gasteiger partial charge >= 0.3 is 0 Å². The fourth-order valence-electron chi connectivity index (χ4n) is 3.38. The number of rotatable bonds is 2. The molecule has 0 aromatic heterocycles. The topological polar surface area (TPSA) is 49.5 Å². The zero-order valence-electron chi connectivity index (χ0n) is 10.3. The molecular formula is C14H19FN2O. The Morgan fingerprint density at radius 3 is 2.83 bits per heavy atom. The van der Waals surface area contributed by atoms with Crippen LogP contribution in [0.1, 0.15) is 18.4 Å². The summed E-state index contributed by atoms with van der Waals surface area (Å²) < 4.78 is 13.5. The first kappa shape index (κ1) is 11.9. The van der Waals surface area contributed by atoms with Crippen LogP contribution >= 0.6 is 0 Å². The molecule has 0 radical (unpaired) electrons. The molecule has 1 heterocycles. The summed E-state index contributed by atoms with van der Waals surface area (Å²) in [5, 5.41) is 9.90. The lowest BCUT2D eigenvalue weighted by atomic mass is 10.00. The molecule has 3 atom stereocenters. The van der Waals surface area contributed by atoms with Crippen molar-refractivity contribution in [2.24, 2.45) is 17.6 Å². The number of nitrogens with zero attached hydrogens (tertiary/aromatic N) is 1. The minimum Gasteiger partial charge on any atom is -0.393 e. The van der Waals surface area contributed by atoms with Gasteiger partial charge in [-0.1, -0.05) is 0 Å². The third-order valence-corrected chi connectivity index (χ3v) is 4.36. The number of nitrogens with two attached hydrogens (primary N) is 1. The minimum absolute atomic E-state index is 0.178. The van der Waals surface area contributed by atoms with Gasteiger partial charge in [-0.25, -0.2) is 4.39 Å². The normalized spacial score (nSPS) is 30.8. The molecule has 2 fully saturated rings. The fourth-order valence-corrected chi connectivity index (χ4v) is 3.38. The van der Waals surface area contributed by atoms with Crippen molar-refractivity contribution >= 4 is 5.69 Å². The molecule has 0 bridgehead atoms. The lowest BCUT2D eigenvalue weighted by molar-refractivity contribution is 0.133. The number of aliphatic hydroxyl groups is 1. The maximum absolute atomic E-state index is 13.5. The predicted molar refractivity (Wildman–Crippen MR) is 68.7 cm³/mol. The minimum atomic E-state index is -0.231. The molecular weight excluding hydrogens is 231 g/mol. The molecule has 1 aromatic rings. The van der Waals surface area contributed by atoms with Crippen LogP contribution < -0.4 is 10.6 Å². The second-order valence-electron chi connectivity index (χ2n) is 5.50. The van der Waals surface area contributed by atoms with Crippen molar-refractivity contribution in [3.63, 3.8) is 0 Å². The molecule has 0 spiro atoms. The quantitative estimate of drug-likeness (QED) is 0.836. The van der Waals surface area contributed by atoms with E-state index in [9.17, 15) is 9.50 Å². The highest BCUT2D eigenvalue weighted by Crippen LogP contribution is 2.40. The van der Waals surface area contributed by atoms with Crippen LogP contribution in [0.15, 0.2) is 18.2 Å². The van der Waals surface area contributed by atoms with Crippen LogP contribution in [-0.2, 0) is 6.54 Å². The van der Waals surface area contributed by atoms with Gasteiger partial charge in [-0.3, -0.25) is 0 Å². The van der Waals surface area contributed by atoms with Crippen molar-refractivity contribution in [1.29, 1.82) is 0 Å². The Kier molecular flexibility index (Phi) is 2.99. The Morgan fingerprint density at radius 1 is 1.28 bits per heavy atom. The highest BCUT2D eigenvalue weighted by molar-refractivity contribution is 5.50. The third kappa shape index (κ3) is 1.99. The van der Waals surface area contributed by atoms with Gasteiger partial charge in [0, 0.05) is 31.2 Å². The molecule has 1 aliphatic carbocycles. The van der Waals surface area contributed by atoms with Crippen molar-refractivity contribution in [3.8, 4) is 0 Å². The van der Waals surface area contributed by atoms with Gasteiger partial charge in [-0.05, 0) is 42.5 Å². The van der Waals surface area contributed by atoms with Crippen LogP contribution in [0.2, 0.25) is 0 Å². The van der Waals surface area contributed by atoms with Gasteiger partial charge in [-0.15, -0.1) is 0 Å². The molecule has 3 unspecified atom stereocenters. The van der Waals surface area contributed by atoms with E-state index in [-0.39, 0.29) is 11.9 Å². The molecule has 2 aliphatic rings. The van der Waals surface area contributed by atoms with E-state index in [1.54, 1.807) is 6.07 Å². The SMILES string of the molecule is NCc1cc(F)cc(N2CC3CCC(O)C3C2)c1. The average Bonchev–Trinajstić information content (AvgIpc) is 2.91. The molecule has 1 saturated heterocycles. The van der Waals surface area contributed by atoms with Gasteiger partial charge < -0.3 is 15.7 Å². The summed E-state index contributed by atoms with van der Waals surface area (Å²) >= 11 is 0. The van der Waals surface area contributed by atoms with Crippen molar-refractivity contribution in [2.45, 2.75) is 25.5 Å². The zero-order chi connectivity index (χ0) is 12.7. The summed E-state index contributed by atoms with van der Waals surface area (Å²) in [5.74, 6) is 0.685. The Hall–Kier alpha value is -1.13. The smallest absolute Gasteiger partial charge is 0.125 e. The number of anilines is 1. The predicted octanol–water partition coefficient (Wildman–Crippen LogP) is 1.49. The van der Waals surface area contributed by atoms with Crippen LogP contribution in [0.4, 0.5) is 10.1 Å². The summed E-state index contributed by atoms with van der Waals surface area (Å²) in [6, 6.07) is 5.00. The monoisotopic (exact) mass is 250 g/mol. The van der Waals surface area contributed by atoms with Crippen LogP contribution in [0.5, 0.6) is 0 Å². The van der Waals surface area contributed by atoms with Crippen molar-refractivity contribution in [1.82, 2.24) is 0 Å². The molecule has 1 aliphatic heterocycles. The van der Waals surface area contributed by atoms with Gasteiger partial charge in [-0.2, -0.15) is 0 Å². The lowest BCUT2D eigenvalue weighted by Gasteiger charge is -2.21. The van der Waals surface area contributed by atoms with E-state index in [0.29, 0.717) is 18.4 Å². The van der Waals surface area contributed by atoms with Gasteiger partial charge in [0.25, 0.3) is 0 Å². The number of fused-ring (bicyclic) bond motifs is 1. The molecule has 3 N–H and O–H groups in total. The highest BCUT2D eigenvalue weighted by Gasteiger charge is 2.41. The Morgan fingerprint density at radius 2 is 2.11 bits per heavy atom. The van der Waals surface area contributed by atoms with E-state index < -0.39 is 0 Å². The summed E-state index contributed by atoms with van der Waals surface area (Å²) in [5.41, 5.74) is 7.30.